The maximum atomic E-state index is 13.3. The zero-order chi connectivity index (χ0) is 27.0. The van der Waals surface area contributed by atoms with Crippen molar-refractivity contribution in [2.75, 3.05) is 41.7 Å². The highest BCUT2D eigenvalue weighted by Gasteiger charge is 2.34. The Hall–Kier alpha value is -3.72. The van der Waals surface area contributed by atoms with Crippen LogP contribution in [0, 0.1) is 0 Å². The number of amides is 2. The largest absolute Gasteiger partial charge is 0.408 e. The fourth-order valence-corrected chi connectivity index (χ4v) is 4.76. The van der Waals surface area contributed by atoms with Crippen LogP contribution in [0.5, 0.6) is 0 Å². The fourth-order valence-electron chi connectivity index (χ4n) is 4.76. The van der Waals surface area contributed by atoms with Gasteiger partial charge >= 0.3 is 12.2 Å². The number of pyridine rings is 1. The number of anilines is 3. The van der Waals surface area contributed by atoms with Gasteiger partial charge in [-0.2, -0.15) is 18.3 Å². The molecule has 5 heterocycles. The second-order valence-corrected chi connectivity index (χ2v) is 9.36. The SMILES string of the molecule is Cl.Cl.O=C(Nc1ccncc1)Nc1ccc(-c2nc(N3CC4CNCC(C3)O4)c3cnn(CC(F)(F)F)c3n2)cc1. The maximum Gasteiger partial charge on any atom is 0.408 e. The lowest BCUT2D eigenvalue weighted by Crippen LogP contribution is -2.58. The van der Waals surface area contributed by atoms with E-state index < -0.39 is 18.8 Å². The summed E-state index contributed by atoms with van der Waals surface area (Å²) in [6.45, 7) is 1.18. The van der Waals surface area contributed by atoms with Crippen molar-refractivity contribution < 1.29 is 22.7 Å². The van der Waals surface area contributed by atoms with Crippen LogP contribution in [0.2, 0.25) is 0 Å². The number of halogens is 5. The standard InChI is InChI=1S/C25H24F3N9O2.2ClH/c26-25(27,28)14-37-23-20(11-31-37)22(36-12-18-9-30-10-19(13-36)39-18)34-21(35-23)15-1-3-16(4-2-15)32-24(38)33-17-5-7-29-8-6-17;;/h1-8,11,18-19,30H,9-10,12-14H2,(H2,29,32,33,38);2*1H. The molecule has 0 aliphatic carbocycles. The first-order valence-electron chi connectivity index (χ1n) is 12.3. The van der Waals surface area contributed by atoms with Gasteiger partial charge in [-0.1, -0.05) is 0 Å². The van der Waals surface area contributed by atoms with Gasteiger partial charge in [-0.25, -0.2) is 19.4 Å². The summed E-state index contributed by atoms with van der Waals surface area (Å²) in [7, 11) is 0. The van der Waals surface area contributed by atoms with E-state index in [2.05, 4.69) is 31.0 Å². The van der Waals surface area contributed by atoms with E-state index in [4.69, 9.17) is 9.72 Å². The van der Waals surface area contributed by atoms with Gasteiger partial charge in [0, 0.05) is 55.5 Å². The van der Waals surface area contributed by atoms with Crippen molar-refractivity contribution >= 4 is 59.1 Å². The number of carbonyl (C=O) groups is 1. The molecule has 3 aromatic heterocycles. The maximum absolute atomic E-state index is 13.3. The lowest BCUT2D eigenvalue weighted by Gasteiger charge is -2.42. The van der Waals surface area contributed by atoms with Crippen molar-refractivity contribution in [1.29, 1.82) is 0 Å². The summed E-state index contributed by atoms with van der Waals surface area (Å²) >= 11 is 0. The molecule has 1 aromatic carbocycles. The predicted octanol–water partition coefficient (Wildman–Crippen LogP) is 4.12. The zero-order valence-corrected chi connectivity index (χ0v) is 23.0. The molecule has 2 saturated heterocycles. The monoisotopic (exact) mass is 611 g/mol. The number of nitrogens with zero attached hydrogens (tertiary/aromatic N) is 6. The molecule has 0 radical (unpaired) electrons. The van der Waals surface area contributed by atoms with Crippen molar-refractivity contribution in [1.82, 2.24) is 30.0 Å². The van der Waals surface area contributed by atoms with E-state index >= 15 is 0 Å². The molecule has 4 aromatic rings. The Balaban J connectivity index is 0.00000194. The van der Waals surface area contributed by atoms with Gasteiger partial charge in [0.25, 0.3) is 0 Å². The minimum Gasteiger partial charge on any atom is -0.369 e. The van der Waals surface area contributed by atoms with Crippen molar-refractivity contribution in [3.63, 3.8) is 0 Å². The molecular weight excluding hydrogens is 586 g/mol. The highest BCUT2D eigenvalue weighted by atomic mass is 35.5. The molecule has 0 saturated carbocycles. The minimum absolute atomic E-state index is 0. The molecule has 2 amide bonds. The molecule has 6 rings (SSSR count). The van der Waals surface area contributed by atoms with E-state index in [1.54, 1.807) is 48.8 Å². The molecule has 0 spiro atoms. The lowest BCUT2D eigenvalue weighted by molar-refractivity contribution is -0.141. The summed E-state index contributed by atoms with van der Waals surface area (Å²) < 4.78 is 46.7. The van der Waals surface area contributed by atoms with E-state index in [1.165, 1.54) is 6.20 Å². The van der Waals surface area contributed by atoms with Crippen LogP contribution in [0.25, 0.3) is 22.4 Å². The molecule has 3 N–H and O–H groups in total. The van der Waals surface area contributed by atoms with E-state index in [-0.39, 0.29) is 48.5 Å². The fraction of sp³-hybridized carbons (Fsp3) is 0.320. The molecule has 218 valence electrons. The number of alkyl halides is 3. The van der Waals surface area contributed by atoms with Crippen LogP contribution in [-0.2, 0) is 11.3 Å². The molecule has 2 aliphatic heterocycles. The van der Waals surface area contributed by atoms with Crippen molar-refractivity contribution in [2.24, 2.45) is 0 Å². The number of benzene rings is 1. The summed E-state index contributed by atoms with van der Waals surface area (Å²) in [5.74, 6) is 0.770. The summed E-state index contributed by atoms with van der Waals surface area (Å²) in [6, 6.07) is 9.64. The van der Waals surface area contributed by atoms with Gasteiger partial charge in [0.15, 0.2) is 11.5 Å². The second-order valence-electron chi connectivity index (χ2n) is 9.36. The summed E-state index contributed by atoms with van der Waals surface area (Å²) in [5.41, 5.74) is 1.78. The molecule has 41 heavy (non-hydrogen) atoms. The summed E-state index contributed by atoms with van der Waals surface area (Å²) in [5, 5.41) is 13.2. The Kier molecular flexibility index (Phi) is 9.17. The summed E-state index contributed by atoms with van der Waals surface area (Å²) in [6.07, 6.45) is -0.0551. The smallest absolute Gasteiger partial charge is 0.369 e. The minimum atomic E-state index is -4.46. The first-order chi connectivity index (χ1) is 18.8. The number of nitrogens with one attached hydrogen (secondary N) is 3. The average molecular weight is 612 g/mol. The number of hydrogen-bond donors (Lipinski definition) is 3. The third-order valence-corrected chi connectivity index (χ3v) is 6.42. The normalized spacial score (nSPS) is 18.3. The van der Waals surface area contributed by atoms with Gasteiger partial charge in [-0.15, -0.1) is 24.8 Å². The van der Waals surface area contributed by atoms with Gasteiger partial charge in [-0.05, 0) is 36.4 Å². The number of fused-ring (bicyclic) bond motifs is 3. The molecule has 2 bridgehead atoms. The first-order valence-corrected chi connectivity index (χ1v) is 12.3. The second kappa shape index (κ2) is 12.4. The number of hydrogen-bond acceptors (Lipinski definition) is 8. The van der Waals surface area contributed by atoms with Crippen molar-refractivity contribution in [3.05, 3.63) is 55.0 Å². The third-order valence-electron chi connectivity index (χ3n) is 6.42. The summed E-state index contributed by atoms with van der Waals surface area (Å²) in [4.78, 5) is 27.5. The van der Waals surface area contributed by atoms with E-state index in [1.807, 2.05) is 4.90 Å². The van der Waals surface area contributed by atoms with Crippen LogP contribution in [0.1, 0.15) is 0 Å². The Labute approximate surface area is 244 Å². The van der Waals surface area contributed by atoms with Gasteiger partial charge in [0.2, 0.25) is 0 Å². The van der Waals surface area contributed by atoms with Crippen LogP contribution in [-0.4, -0.2) is 75.3 Å². The molecular formula is C25H26Cl2F3N9O2. The van der Waals surface area contributed by atoms with E-state index in [0.717, 1.165) is 4.68 Å². The van der Waals surface area contributed by atoms with Gasteiger partial charge < -0.3 is 25.6 Å². The average Bonchev–Trinajstić information content (AvgIpc) is 3.30. The van der Waals surface area contributed by atoms with E-state index in [9.17, 15) is 18.0 Å². The van der Waals surface area contributed by atoms with Crippen LogP contribution in [0.15, 0.2) is 55.0 Å². The molecule has 16 heteroatoms. The van der Waals surface area contributed by atoms with Gasteiger partial charge in [-0.3, -0.25) is 4.98 Å². The van der Waals surface area contributed by atoms with Crippen LogP contribution in [0.3, 0.4) is 0 Å². The van der Waals surface area contributed by atoms with Crippen LogP contribution < -0.4 is 20.9 Å². The topological polar surface area (TPSA) is 122 Å². The number of ether oxygens (including phenoxy) is 1. The molecule has 11 nitrogen and oxygen atoms in total. The third kappa shape index (κ3) is 6.96. The van der Waals surface area contributed by atoms with E-state index in [0.29, 0.717) is 54.3 Å². The van der Waals surface area contributed by atoms with Crippen molar-refractivity contribution in [2.45, 2.75) is 24.9 Å². The molecule has 2 aliphatic rings. The molecule has 2 atom stereocenters. The van der Waals surface area contributed by atoms with Gasteiger partial charge in [0.05, 0.1) is 23.8 Å². The Bertz CT molecular complexity index is 1480. The number of urea groups is 1. The molecule has 2 unspecified atom stereocenters. The Morgan fingerprint density at radius 3 is 2.24 bits per heavy atom. The number of morpholine rings is 2. The zero-order valence-electron chi connectivity index (χ0n) is 21.3. The highest BCUT2D eigenvalue weighted by Crippen LogP contribution is 2.31. The van der Waals surface area contributed by atoms with Crippen LogP contribution in [0.4, 0.5) is 35.2 Å². The van der Waals surface area contributed by atoms with Gasteiger partial charge in [0.1, 0.15) is 12.4 Å². The highest BCUT2D eigenvalue weighted by molar-refractivity contribution is 5.99. The number of aromatic nitrogens is 5. The van der Waals surface area contributed by atoms with Crippen LogP contribution >= 0.6 is 24.8 Å². The first kappa shape index (κ1) is 30.2. The number of rotatable bonds is 5. The Morgan fingerprint density at radius 2 is 1.61 bits per heavy atom. The lowest BCUT2D eigenvalue weighted by atomic mass is 10.1. The predicted molar refractivity (Wildman–Crippen MR) is 152 cm³/mol. The van der Waals surface area contributed by atoms with Crippen molar-refractivity contribution in [3.8, 4) is 11.4 Å². The quantitative estimate of drug-likeness (QED) is 0.308. The molecule has 2 fully saturated rings. The Morgan fingerprint density at radius 1 is 0.976 bits per heavy atom. The number of carbonyl (C=O) groups excluding carboxylic acids is 1.